The van der Waals surface area contributed by atoms with Crippen molar-refractivity contribution < 1.29 is 9.59 Å². The normalized spacial score (nSPS) is 29.6. The highest BCUT2D eigenvalue weighted by molar-refractivity contribution is 6.74. The van der Waals surface area contributed by atoms with Crippen LogP contribution in [0.3, 0.4) is 0 Å². The summed E-state index contributed by atoms with van der Waals surface area (Å²) >= 11 is 0. The lowest BCUT2D eigenvalue weighted by Gasteiger charge is -2.40. The number of Topliss-reactive ketones (excluding diaryl/α,β-unsaturated/α-hetero) is 2. The first-order valence-corrected chi connectivity index (χ1v) is 10.5. The van der Waals surface area contributed by atoms with E-state index >= 15 is 0 Å². The van der Waals surface area contributed by atoms with Crippen LogP contribution in [0.15, 0.2) is 5.10 Å². The summed E-state index contributed by atoms with van der Waals surface area (Å²) in [7, 11) is -1.47. The molecule has 1 saturated heterocycles. The molecule has 0 spiro atoms. The van der Waals surface area contributed by atoms with Crippen molar-refractivity contribution in [2.75, 3.05) is 6.54 Å². The van der Waals surface area contributed by atoms with Gasteiger partial charge in [0.1, 0.15) is 17.5 Å². The van der Waals surface area contributed by atoms with E-state index in [-0.39, 0.29) is 11.6 Å². The van der Waals surface area contributed by atoms with Gasteiger partial charge in [-0.2, -0.15) is 5.10 Å². The molecule has 106 valence electrons. The van der Waals surface area contributed by atoms with Gasteiger partial charge in [-0.15, -0.1) is 0 Å². The smallest absolute Gasteiger partial charge is 0.172 e. The minimum Gasteiger partial charge on any atom is -0.324 e. The van der Waals surface area contributed by atoms with Gasteiger partial charge < -0.3 is 4.67 Å². The van der Waals surface area contributed by atoms with Crippen LogP contribution in [0.5, 0.6) is 0 Å². The predicted octanol–water partition coefficient (Wildman–Crippen LogP) is 2.60. The Morgan fingerprint density at radius 3 is 2.63 bits per heavy atom. The van der Waals surface area contributed by atoms with Crippen molar-refractivity contribution in [3.05, 3.63) is 0 Å². The fourth-order valence-electron chi connectivity index (χ4n) is 3.08. The first-order valence-electron chi connectivity index (χ1n) is 7.30. The lowest BCUT2D eigenvalue weighted by molar-refractivity contribution is -0.129. The molecule has 0 aromatic heterocycles. The van der Waals surface area contributed by atoms with Crippen LogP contribution >= 0.6 is 0 Å². The highest BCUT2D eigenvalue weighted by Gasteiger charge is 2.36. The van der Waals surface area contributed by atoms with Gasteiger partial charge in [-0.05, 0) is 32.2 Å². The standard InChI is InChI=1S/C14H24N2O2Si/c1-11(17)14-12(7-6-8-13(14)18)15-16-9-4-5-10-19(16,2)3/h14H,4-10H2,1-3H3. The highest BCUT2D eigenvalue weighted by Crippen LogP contribution is 2.27. The molecule has 19 heavy (non-hydrogen) atoms. The second kappa shape index (κ2) is 5.57. The van der Waals surface area contributed by atoms with Gasteiger partial charge in [-0.1, -0.05) is 19.5 Å². The number of nitrogens with zero attached hydrogens (tertiary/aromatic N) is 2. The van der Waals surface area contributed by atoms with Gasteiger partial charge in [-0.3, -0.25) is 9.59 Å². The van der Waals surface area contributed by atoms with E-state index in [0.29, 0.717) is 6.42 Å². The molecule has 5 heteroatoms. The zero-order chi connectivity index (χ0) is 14.0. The molecular formula is C14H24N2O2Si. The molecule has 2 aliphatic rings. The van der Waals surface area contributed by atoms with E-state index in [1.807, 2.05) is 0 Å². The third-order valence-electron chi connectivity index (χ3n) is 4.27. The van der Waals surface area contributed by atoms with E-state index in [1.54, 1.807) is 0 Å². The summed E-state index contributed by atoms with van der Waals surface area (Å²) < 4.78 is 2.24. The maximum absolute atomic E-state index is 11.9. The lowest BCUT2D eigenvalue weighted by Crippen LogP contribution is -2.49. The van der Waals surface area contributed by atoms with Crippen molar-refractivity contribution in [1.82, 2.24) is 4.67 Å². The van der Waals surface area contributed by atoms with Gasteiger partial charge in [0.05, 0.1) is 5.71 Å². The SMILES string of the molecule is CC(=O)C1C(=O)CCCC1=NN1CCCC[Si]1(C)C. The number of hydrogen-bond donors (Lipinski definition) is 0. The monoisotopic (exact) mass is 280 g/mol. The Morgan fingerprint density at radius 1 is 1.26 bits per heavy atom. The second-order valence-corrected chi connectivity index (χ2v) is 11.0. The molecule has 4 nitrogen and oxygen atoms in total. The summed E-state index contributed by atoms with van der Waals surface area (Å²) in [5, 5.41) is 4.77. The van der Waals surface area contributed by atoms with Gasteiger partial charge in [0.25, 0.3) is 0 Å². The summed E-state index contributed by atoms with van der Waals surface area (Å²) in [6.45, 7) is 7.15. The molecule has 1 heterocycles. The summed E-state index contributed by atoms with van der Waals surface area (Å²) in [4.78, 5) is 23.7. The topological polar surface area (TPSA) is 49.7 Å². The minimum atomic E-state index is -1.47. The molecule has 1 aliphatic carbocycles. The number of carbonyl (C=O) groups is 2. The molecule has 0 aromatic rings. The molecule has 2 fully saturated rings. The lowest BCUT2D eigenvalue weighted by atomic mass is 9.84. The molecule has 1 unspecified atom stereocenters. The van der Waals surface area contributed by atoms with E-state index in [2.05, 4.69) is 17.8 Å². The van der Waals surface area contributed by atoms with Gasteiger partial charge in [0.2, 0.25) is 0 Å². The molecule has 0 N–H and O–H groups in total. The van der Waals surface area contributed by atoms with Crippen LogP contribution in [-0.4, -0.2) is 36.7 Å². The van der Waals surface area contributed by atoms with E-state index in [1.165, 1.54) is 25.8 Å². The molecule has 1 aliphatic heterocycles. The summed E-state index contributed by atoms with van der Waals surface area (Å²) in [5.74, 6) is -0.533. The van der Waals surface area contributed by atoms with Gasteiger partial charge in [0, 0.05) is 13.0 Å². The minimum absolute atomic E-state index is 0.0417. The Balaban J connectivity index is 2.24. The maximum Gasteiger partial charge on any atom is 0.172 e. The zero-order valence-corrected chi connectivity index (χ0v) is 13.2. The number of ketones is 2. The Bertz CT molecular complexity index is 418. The van der Waals surface area contributed by atoms with Crippen molar-refractivity contribution in [2.24, 2.45) is 11.0 Å². The molecule has 0 aromatic carbocycles. The zero-order valence-electron chi connectivity index (χ0n) is 12.2. The van der Waals surface area contributed by atoms with Crippen molar-refractivity contribution in [3.63, 3.8) is 0 Å². The Labute approximate surface area is 116 Å². The fourth-order valence-corrected chi connectivity index (χ4v) is 5.61. The molecular weight excluding hydrogens is 256 g/mol. The average Bonchev–Trinajstić information content (AvgIpc) is 2.31. The van der Waals surface area contributed by atoms with E-state index in [9.17, 15) is 9.59 Å². The number of hydrazone groups is 1. The quantitative estimate of drug-likeness (QED) is 0.577. The van der Waals surface area contributed by atoms with Crippen LogP contribution in [0.4, 0.5) is 0 Å². The first kappa shape index (κ1) is 14.4. The largest absolute Gasteiger partial charge is 0.324 e. The summed E-state index contributed by atoms with van der Waals surface area (Å²) in [6, 6.07) is 1.25. The molecule has 0 amide bonds. The number of rotatable bonds is 2. The van der Waals surface area contributed by atoms with Crippen LogP contribution in [0.1, 0.15) is 39.0 Å². The molecule has 0 bridgehead atoms. The maximum atomic E-state index is 11.9. The number of hydrogen-bond acceptors (Lipinski definition) is 4. The van der Waals surface area contributed by atoms with Gasteiger partial charge in [0.15, 0.2) is 8.24 Å². The fraction of sp³-hybridized carbons (Fsp3) is 0.786. The van der Waals surface area contributed by atoms with Crippen LogP contribution in [0.2, 0.25) is 19.1 Å². The van der Waals surface area contributed by atoms with Crippen LogP contribution in [0.25, 0.3) is 0 Å². The van der Waals surface area contributed by atoms with Gasteiger partial charge in [-0.25, -0.2) is 0 Å². The Morgan fingerprint density at radius 2 is 2.00 bits per heavy atom. The average molecular weight is 280 g/mol. The van der Waals surface area contributed by atoms with E-state index in [4.69, 9.17) is 5.10 Å². The van der Waals surface area contributed by atoms with Crippen LogP contribution < -0.4 is 0 Å². The summed E-state index contributed by atoms with van der Waals surface area (Å²) in [5.41, 5.74) is 0.825. The number of carbonyl (C=O) groups excluding carboxylic acids is 2. The van der Waals surface area contributed by atoms with Crippen molar-refractivity contribution in [3.8, 4) is 0 Å². The molecule has 1 atom stereocenters. The second-order valence-electron chi connectivity index (χ2n) is 6.35. The van der Waals surface area contributed by atoms with Crippen molar-refractivity contribution >= 4 is 25.5 Å². The highest BCUT2D eigenvalue weighted by atomic mass is 28.3. The van der Waals surface area contributed by atoms with E-state index < -0.39 is 14.2 Å². The Kier molecular flexibility index (Phi) is 4.23. The van der Waals surface area contributed by atoms with Crippen LogP contribution in [0, 0.1) is 5.92 Å². The van der Waals surface area contributed by atoms with Gasteiger partial charge >= 0.3 is 0 Å². The third kappa shape index (κ3) is 3.13. The van der Waals surface area contributed by atoms with Crippen molar-refractivity contribution in [1.29, 1.82) is 0 Å². The van der Waals surface area contributed by atoms with Crippen molar-refractivity contribution in [2.45, 2.75) is 58.2 Å². The molecule has 2 rings (SSSR count). The molecule has 1 saturated carbocycles. The summed E-state index contributed by atoms with van der Waals surface area (Å²) in [6.07, 6.45) is 4.64. The predicted molar refractivity (Wildman–Crippen MR) is 78.7 cm³/mol. The van der Waals surface area contributed by atoms with Crippen LogP contribution in [-0.2, 0) is 9.59 Å². The third-order valence-corrected chi connectivity index (χ3v) is 7.57. The first-order chi connectivity index (χ1) is 8.92. The van der Waals surface area contributed by atoms with E-state index in [0.717, 1.165) is 25.1 Å². The Hall–Kier alpha value is -0.973. The molecule has 0 radical (unpaired) electrons.